The highest BCUT2D eigenvalue weighted by molar-refractivity contribution is 5.69. The van der Waals surface area contributed by atoms with Crippen molar-refractivity contribution >= 4 is 6.09 Å². The summed E-state index contributed by atoms with van der Waals surface area (Å²) in [6.07, 6.45) is 4.20. The molecule has 0 aromatic heterocycles. The minimum absolute atomic E-state index is 0.189. The summed E-state index contributed by atoms with van der Waals surface area (Å²) in [7, 11) is 0. The highest BCUT2D eigenvalue weighted by atomic mass is 16.6. The molecular formula is C16H32N2O3. The van der Waals surface area contributed by atoms with Crippen molar-refractivity contribution in [3.8, 4) is 0 Å². The summed E-state index contributed by atoms with van der Waals surface area (Å²) in [5.41, 5.74) is -0.426. The summed E-state index contributed by atoms with van der Waals surface area (Å²) in [6.45, 7) is 11.9. The zero-order valence-electron chi connectivity index (χ0n) is 14.1. The molecule has 124 valence electrons. The minimum atomic E-state index is -0.426. The van der Waals surface area contributed by atoms with E-state index in [0.717, 1.165) is 52.1 Å². The van der Waals surface area contributed by atoms with Gasteiger partial charge in [-0.25, -0.2) is 4.79 Å². The average molecular weight is 300 g/mol. The van der Waals surface area contributed by atoms with Crippen LogP contribution in [0, 0.1) is 0 Å². The molecule has 0 spiro atoms. The molecule has 5 heteroatoms. The van der Waals surface area contributed by atoms with Gasteiger partial charge in [0.2, 0.25) is 0 Å². The van der Waals surface area contributed by atoms with E-state index in [-0.39, 0.29) is 12.1 Å². The van der Waals surface area contributed by atoms with Crippen molar-refractivity contribution in [2.45, 2.75) is 65.0 Å². The molecule has 1 atom stereocenters. The Morgan fingerprint density at radius 2 is 2.10 bits per heavy atom. The summed E-state index contributed by atoms with van der Waals surface area (Å²) < 4.78 is 11.0. The molecule has 1 heterocycles. The van der Waals surface area contributed by atoms with Gasteiger partial charge in [0.15, 0.2) is 0 Å². The number of carbonyl (C=O) groups is 1. The van der Waals surface area contributed by atoms with Crippen LogP contribution < -0.4 is 5.32 Å². The van der Waals surface area contributed by atoms with E-state index in [1.54, 1.807) is 0 Å². The zero-order valence-corrected chi connectivity index (χ0v) is 14.1. The molecule has 1 saturated heterocycles. The Morgan fingerprint density at radius 3 is 2.76 bits per heavy atom. The van der Waals surface area contributed by atoms with Crippen molar-refractivity contribution in [1.29, 1.82) is 0 Å². The lowest BCUT2D eigenvalue weighted by atomic mass is 10.2. The van der Waals surface area contributed by atoms with E-state index in [1.165, 1.54) is 6.42 Å². The maximum Gasteiger partial charge on any atom is 0.410 e. The number of unbranched alkanes of at least 4 members (excludes halogenated alkanes) is 1. The van der Waals surface area contributed by atoms with Gasteiger partial charge in [-0.15, -0.1) is 0 Å². The van der Waals surface area contributed by atoms with Crippen molar-refractivity contribution in [3.05, 3.63) is 0 Å². The van der Waals surface area contributed by atoms with Crippen molar-refractivity contribution in [1.82, 2.24) is 10.2 Å². The Balaban J connectivity index is 2.20. The van der Waals surface area contributed by atoms with Crippen LogP contribution in [0.15, 0.2) is 0 Å². The van der Waals surface area contributed by atoms with Crippen molar-refractivity contribution in [3.63, 3.8) is 0 Å². The lowest BCUT2D eigenvalue weighted by Gasteiger charge is -2.28. The van der Waals surface area contributed by atoms with E-state index in [4.69, 9.17) is 9.47 Å². The van der Waals surface area contributed by atoms with Crippen molar-refractivity contribution in [2.24, 2.45) is 0 Å². The summed E-state index contributed by atoms with van der Waals surface area (Å²) in [6, 6.07) is 0.246. The molecule has 0 aromatic rings. The minimum Gasteiger partial charge on any atom is -0.444 e. The van der Waals surface area contributed by atoms with Crippen LogP contribution in [0.25, 0.3) is 0 Å². The predicted octanol–water partition coefficient (Wildman–Crippen LogP) is 2.79. The lowest BCUT2D eigenvalue weighted by molar-refractivity contribution is 0.0225. The van der Waals surface area contributed by atoms with E-state index in [1.807, 2.05) is 25.7 Å². The number of hydrogen-bond acceptors (Lipinski definition) is 4. The van der Waals surface area contributed by atoms with Crippen molar-refractivity contribution < 1.29 is 14.3 Å². The Morgan fingerprint density at radius 1 is 1.33 bits per heavy atom. The fourth-order valence-corrected chi connectivity index (χ4v) is 2.37. The standard InChI is InChI=1S/C16H32N2O3/c1-5-6-11-20-12-9-17-13-14-8-7-10-18(14)15(19)21-16(2,3)4/h14,17H,5-13H2,1-4H3. The van der Waals surface area contributed by atoms with Crippen LogP contribution in [-0.2, 0) is 9.47 Å². The fourth-order valence-electron chi connectivity index (χ4n) is 2.37. The van der Waals surface area contributed by atoms with Crippen LogP contribution in [-0.4, -0.2) is 55.5 Å². The van der Waals surface area contributed by atoms with Crippen LogP contribution in [0.3, 0.4) is 0 Å². The number of amides is 1. The summed E-state index contributed by atoms with van der Waals surface area (Å²) in [4.78, 5) is 14.0. The van der Waals surface area contributed by atoms with E-state index in [0.29, 0.717) is 0 Å². The Bertz CT molecular complexity index is 302. The number of rotatable bonds is 8. The van der Waals surface area contributed by atoms with E-state index in [2.05, 4.69) is 12.2 Å². The van der Waals surface area contributed by atoms with Crippen LogP contribution in [0.2, 0.25) is 0 Å². The van der Waals surface area contributed by atoms with Gasteiger partial charge in [-0.3, -0.25) is 0 Å². The molecular weight excluding hydrogens is 268 g/mol. The molecule has 1 N–H and O–H groups in total. The van der Waals surface area contributed by atoms with Gasteiger partial charge in [-0.1, -0.05) is 13.3 Å². The topological polar surface area (TPSA) is 50.8 Å². The molecule has 5 nitrogen and oxygen atoms in total. The number of carbonyl (C=O) groups excluding carboxylic acids is 1. The molecule has 1 unspecified atom stereocenters. The number of hydrogen-bond donors (Lipinski definition) is 1. The molecule has 0 saturated carbocycles. The monoisotopic (exact) mass is 300 g/mol. The van der Waals surface area contributed by atoms with Gasteiger partial charge in [0.25, 0.3) is 0 Å². The maximum atomic E-state index is 12.1. The molecule has 0 radical (unpaired) electrons. The van der Waals surface area contributed by atoms with Gasteiger partial charge in [0, 0.05) is 32.3 Å². The second-order valence-electron chi connectivity index (χ2n) is 6.64. The van der Waals surface area contributed by atoms with Gasteiger partial charge in [0.05, 0.1) is 6.61 Å². The first-order valence-corrected chi connectivity index (χ1v) is 8.22. The highest BCUT2D eigenvalue weighted by Crippen LogP contribution is 2.20. The molecule has 1 rings (SSSR count). The predicted molar refractivity (Wildman–Crippen MR) is 84.6 cm³/mol. The molecule has 21 heavy (non-hydrogen) atoms. The molecule has 1 aliphatic rings. The largest absolute Gasteiger partial charge is 0.444 e. The third-order valence-electron chi connectivity index (χ3n) is 3.45. The molecule has 1 fully saturated rings. The first-order chi connectivity index (χ1) is 9.94. The zero-order chi connectivity index (χ0) is 15.7. The third-order valence-corrected chi connectivity index (χ3v) is 3.45. The van der Waals surface area contributed by atoms with Crippen LogP contribution in [0.1, 0.15) is 53.4 Å². The smallest absolute Gasteiger partial charge is 0.410 e. The second kappa shape index (κ2) is 9.26. The quantitative estimate of drug-likeness (QED) is 0.700. The molecule has 1 aliphatic heterocycles. The van der Waals surface area contributed by atoms with Crippen LogP contribution in [0.4, 0.5) is 4.79 Å². The Labute approximate surface area is 129 Å². The number of likely N-dealkylation sites (tertiary alicyclic amines) is 1. The first kappa shape index (κ1) is 18.2. The van der Waals surface area contributed by atoms with Gasteiger partial charge in [0.1, 0.15) is 5.60 Å². The summed E-state index contributed by atoms with van der Waals surface area (Å²) >= 11 is 0. The van der Waals surface area contributed by atoms with Gasteiger partial charge in [-0.05, 0) is 40.0 Å². The van der Waals surface area contributed by atoms with Gasteiger partial charge >= 0.3 is 6.09 Å². The van der Waals surface area contributed by atoms with E-state index in [9.17, 15) is 4.79 Å². The molecule has 0 aromatic carbocycles. The second-order valence-corrected chi connectivity index (χ2v) is 6.64. The third kappa shape index (κ3) is 7.67. The van der Waals surface area contributed by atoms with Crippen LogP contribution in [0.5, 0.6) is 0 Å². The first-order valence-electron chi connectivity index (χ1n) is 8.22. The maximum absolute atomic E-state index is 12.1. The Kier molecular flexibility index (Phi) is 8.04. The number of nitrogens with one attached hydrogen (secondary N) is 1. The lowest BCUT2D eigenvalue weighted by Crippen LogP contribution is -2.44. The van der Waals surface area contributed by atoms with Crippen LogP contribution >= 0.6 is 0 Å². The molecule has 1 amide bonds. The molecule has 0 bridgehead atoms. The average Bonchev–Trinajstić information content (AvgIpc) is 2.84. The summed E-state index contributed by atoms with van der Waals surface area (Å²) in [5.74, 6) is 0. The fraction of sp³-hybridized carbons (Fsp3) is 0.938. The van der Waals surface area contributed by atoms with E-state index >= 15 is 0 Å². The van der Waals surface area contributed by atoms with E-state index < -0.39 is 5.60 Å². The number of ether oxygens (including phenoxy) is 2. The van der Waals surface area contributed by atoms with Crippen molar-refractivity contribution in [2.75, 3.05) is 32.8 Å². The summed E-state index contributed by atoms with van der Waals surface area (Å²) in [5, 5.41) is 3.38. The highest BCUT2D eigenvalue weighted by Gasteiger charge is 2.31. The Hall–Kier alpha value is -0.810. The number of nitrogens with zero attached hydrogens (tertiary/aromatic N) is 1. The van der Waals surface area contributed by atoms with Gasteiger partial charge < -0.3 is 19.7 Å². The van der Waals surface area contributed by atoms with Gasteiger partial charge in [-0.2, -0.15) is 0 Å². The SMILES string of the molecule is CCCCOCCNCC1CCCN1C(=O)OC(C)(C)C. The molecule has 0 aliphatic carbocycles. The normalized spacial score (nSPS) is 19.0.